The molecule has 18 heavy (non-hydrogen) atoms. The largest absolute Gasteiger partial charge is 0.378 e. The van der Waals surface area contributed by atoms with E-state index in [1.54, 1.807) is 18.4 Å². The molecule has 1 unspecified atom stereocenters. The van der Waals surface area contributed by atoms with Gasteiger partial charge in [-0.3, -0.25) is 0 Å². The van der Waals surface area contributed by atoms with E-state index >= 15 is 0 Å². The molecule has 2 rings (SSSR count). The molecule has 0 radical (unpaired) electrons. The third-order valence-electron chi connectivity index (χ3n) is 2.96. The molecule has 1 fully saturated rings. The van der Waals surface area contributed by atoms with E-state index in [1.165, 1.54) is 0 Å². The first-order valence-corrected chi connectivity index (χ1v) is 7.10. The first-order valence-electron chi connectivity index (χ1n) is 6.28. The SMILES string of the molecule is COCc1nc(N2CCCOC(C)C2)sc1CN. The quantitative estimate of drug-likeness (QED) is 0.896. The standard InChI is InChI=1S/C12H21N3O2S/c1-9-7-15(4-3-5-17-9)12-14-10(8-16-2)11(6-13)18-12/h9H,3-8,13H2,1-2H3. The van der Waals surface area contributed by atoms with Crippen molar-refractivity contribution in [3.63, 3.8) is 0 Å². The summed E-state index contributed by atoms with van der Waals surface area (Å²) in [5.74, 6) is 0. The number of hydrogen-bond donors (Lipinski definition) is 1. The van der Waals surface area contributed by atoms with Gasteiger partial charge >= 0.3 is 0 Å². The highest BCUT2D eigenvalue weighted by Gasteiger charge is 2.20. The zero-order chi connectivity index (χ0) is 13.0. The van der Waals surface area contributed by atoms with Crippen LogP contribution in [0, 0.1) is 0 Å². The number of methoxy groups -OCH3 is 1. The van der Waals surface area contributed by atoms with E-state index in [9.17, 15) is 0 Å². The van der Waals surface area contributed by atoms with Crippen molar-refractivity contribution in [2.75, 3.05) is 31.7 Å². The van der Waals surface area contributed by atoms with E-state index in [4.69, 9.17) is 15.2 Å². The number of ether oxygens (including phenoxy) is 2. The molecule has 2 heterocycles. The van der Waals surface area contributed by atoms with Gasteiger partial charge in [0.2, 0.25) is 0 Å². The van der Waals surface area contributed by atoms with Crippen LogP contribution in [0.4, 0.5) is 5.13 Å². The van der Waals surface area contributed by atoms with Crippen LogP contribution in [0.15, 0.2) is 0 Å². The van der Waals surface area contributed by atoms with Crippen molar-refractivity contribution in [1.82, 2.24) is 4.98 Å². The van der Waals surface area contributed by atoms with Gasteiger partial charge in [0.1, 0.15) is 0 Å². The lowest BCUT2D eigenvalue weighted by Crippen LogP contribution is -2.29. The summed E-state index contributed by atoms with van der Waals surface area (Å²) in [6, 6.07) is 0. The second-order valence-corrected chi connectivity index (χ2v) is 5.55. The maximum absolute atomic E-state index is 5.75. The van der Waals surface area contributed by atoms with Gasteiger partial charge in [-0.1, -0.05) is 0 Å². The van der Waals surface area contributed by atoms with E-state index in [-0.39, 0.29) is 6.10 Å². The summed E-state index contributed by atoms with van der Waals surface area (Å²) in [6.07, 6.45) is 1.30. The molecule has 2 N–H and O–H groups in total. The van der Waals surface area contributed by atoms with E-state index in [1.807, 2.05) is 0 Å². The van der Waals surface area contributed by atoms with Crippen LogP contribution in [-0.4, -0.2) is 37.9 Å². The summed E-state index contributed by atoms with van der Waals surface area (Å²) in [5.41, 5.74) is 6.72. The third-order valence-corrected chi connectivity index (χ3v) is 4.14. The van der Waals surface area contributed by atoms with E-state index in [2.05, 4.69) is 16.8 Å². The Bertz CT molecular complexity index is 383. The van der Waals surface area contributed by atoms with Gasteiger partial charge in [-0.05, 0) is 13.3 Å². The van der Waals surface area contributed by atoms with Gasteiger partial charge in [-0.2, -0.15) is 0 Å². The first-order chi connectivity index (χ1) is 8.74. The van der Waals surface area contributed by atoms with Crippen molar-refractivity contribution in [3.8, 4) is 0 Å². The van der Waals surface area contributed by atoms with Crippen molar-refractivity contribution >= 4 is 16.5 Å². The average molecular weight is 271 g/mol. The summed E-state index contributed by atoms with van der Waals surface area (Å²) < 4.78 is 10.8. The number of aromatic nitrogens is 1. The Balaban J connectivity index is 2.15. The van der Waals surface area contributed by atoms with Gasteiger partial charge in [0.05, 0.1) is 18.4 Å². The van der Waals surface area contributed by atoms with Crippen molar-refractivity contribution < 1.29 is 9.47 Å². The summed E-state index contributed by atoms with van der Waals surface area (Å²) in [6.45, 7) is 5.88. The highest BCUT2D eigenvalue weighted by molar-refractivity contribution is 7.15. The summed E-state index contributed by atoms with van der Waals surface area (Å²) in [7, 11) is 1.68. The number of nitrogens with two attached hydrogens (primary N) is 1. The van der Waals surface area contributed by atoms with Crippen LogP contribution < -0.4 is 10.6 Å². The zero-order valence-corrected chi connectivity index (χ0v) is 11.8. The van der Waals surface area contributed by atoms with E-state index in [0.717, 1.165) is 41.8 Å². The lowest BCUT2D eigenvalue weighted by Gasteiger charge is -2.20. The molecule has 102 valence electrons. The third kappa shape index (κ3) is 3.20. The summed E-state index contributed by atoms with van der Waals surface area (Å²) in [4.78, 5) is 8.06. The molecule has 6 heteroatoms. The number of hydrogen-bond acceptors (Lipinski definition) is 6. The molecule has 1 aliphatic rings. The minimum absolute atomic E-state index is 0.253. The molecular formula is C12H21N3O2S. The van der Waals surface area contributed by atoms with Crippen molar-refractivity contribution in [3.05, 3.63) is 10.6 Å². The van der Waals surface area contributed by atoms with Crippen LogP contribution in [0.5, 0.6) is 0 Å². The Hall–Kier alpha value is -0.690. The number of thiazole rings is 1. The molecule has 0 aliphatic carbocycles. The van der Waals surface area contributed by atoms with Crippen molar-refractivity contribution in [2.45, 2.75) is 32.6 Å². The first kappa shape index (κ1) is 13.7. The van der Waals surface area contributed by atoms with Crippen molar-refractivity contribution in [1.29, 1.82) is 0 Å². The molecule has 0 spiro atoms. The fourth-order valence-electron chi connectivity index (χ4n) is 2.08. The molecule has 1 saturated heterocycles. The Morgan fingerprint density at radius 3 is 3.17 bits per heavy atom. The molecule has 0 saturated carbocycles. The van der Waals surface area contributed by atoms with E-state index < -0.39 is 0 Å². The van der Waals surface area contributed by atoms with Crippen LogP contribution in [0.1, 0.15) is 23.9 Å². The fourth-order valence-corrected chi connectivity index (χ4v) is 3.06. The Morgan fingerprint density at radius 2 is 2.44 bits per heavy atom. The highest BCUT2D eigenvalue weighted by Crippen LogP contribution is 2.27. The van der Waals surface area contributed by atoms with Gasteiger partial charge in [0.25, 0.3) is 0 Å². The summed E-state index contributed by atoms with van der Waals surface area (Å²) in [5, 5.41) is 1.04. The molecule has 1 atom stereocenters. The fraction of sp³-hybridized carbons (Fsp3) is 0.750. The van der Waals surface area contributed by atoms with Gasteiger partial charge < -0.3 is 20.1 Å². The smallest absolute Gasteiger partial charge is 0.186 e. The highest BCUT2D eigenvalue weighted by atomic mass is 32.1. The molecule has 0 bridgehead atoms. The Labute approximate surface area is 112 Å². The number of anilines is 1. The molecule has 0 amide bonds. The maximum atomic E-state index is 5.75. The predicted octanol–water partition coefficient (Wildman–Crippen LogP) is 1.36. The summed E-state index contributed by atoms with van der Waals surface area (Å²) >= 11 is 1.67. The van der Waals surface area contributed by atoms with Crippen LogP contribution in [-0.2, 0) is 22.6 Å². The van der Waals surface area contributed by atoms with Gasteiger partial charge in [-0.25, -0.2) is 4.98 Å². The minimum atomic E-state index is 0.253. The van der Waals surface area contributed by atoms with Crippen LogP contribution in [0.2, 0.25) is 0 Å². The Morgan fingerprint density at radius 1 is 1.61 bits per heavy atom. The van der Waals surface area contributed by atoms with Gasteiger partial charge in [0, 0.05) is 38.2 Å². The molecule has 5 nitrogen and oxygen atoms in total. The van der Waals surface area contributed by atoms with Crippen LogP contribution in [0.25, 0.3) is 0 Å². The maximum Gasteiger partial charge on any atom is 0.186 e. The second-order valence-electron chi connectivity index (χ2n) is 4.48. The minimum Gasteiger partial charge on any atom is -0.378 e. The number of rotatable bonds is 4. The number of nitrogens with zero attached hydrogens (tertiary/aromatic N) is 2. The molecule has 1 aromatic heterocycles. The lowest BCUT2D eigenvalue weighted by molar-refractivity contribution is 0.0821. The molecular weight excluding hydrogens is 250 g/mol. The molecule has 0 aromatic carbocycles. The van der Waals surface area contributed by atoms with Crippen molar-refractivity contribution in [2.24, 2.45) is 5.73 Å². The normalized spacial score (nSPS) is 21.1. The monoisotopic (exact) mass is 271 g/mol. The average Bonchev–Trinajstić information content (AvgIpc) is 2.64. The molecule has 1 aliphatic heterocycles. The topological polar surface area (TPSA) is 60.6 Å². The lowest BCUT2D eigenvalue weighted by atomic mass is 10.3. The predicted molar refractivity (Wildman–Crippen MR) is 73.0 cm³/mol. The van der Waals surface area contributed by atoms with Crippen LogP contribution >= 0.6 is 11.3 Å². The zero-order valence-electron chi connectivity index (χ0n) is 11.0. The van der Waals surface area contributed by atoms with Gasteiger partial charge in [0.15, 0.2) is 5.13 Å². The second kappa shape index (κ2) is 6.47. The van der Waals surface area contributed by atoms with Gasteiger partial charge in [-0.15, -0.1) is 11.3 Å². The van der Waals surface area contributed by atoms with E-state index in [0.29, 0.717) is 13.2 Å². The molecule has 1 aromatic rings. The van der Waals surface area contributed by atoms with Crippen LogP contribution in [0.3, 0.4) is 0 Å². The Kier molecular flexibility index (Phi) is 4.94.